The van der Waals surface area contributed by atoms with E-state index >= 15 is 0 Å². The molecule has 1 aromatic rings. The summed E-state index contributed by atoms with van der Waals surface area (Å²) in [7, 11) is 2.84. The van der Waals surface area contributed by atoms with Gasteiger partial charge in [0, 0.05) is 20.2 Å². The average molecular weight is 301 g/mol. The van der Waals surface area contributed by atoms with Gasteiger partial charge in [-0.15, -0.1) is 11.3 Å². The van der Waals surface area contributed by atoms with Gasteiger partial charge in [-0.05, 0) is 6.92 Å². The van der Waals surface area contributed by atoms with Crippen molar-refractivity contribution in [3.63, 3.8) is 0 Å². The van der Waals surface area contributed by atoms with Gasteiger partial charge in [0.05, 0.1) is 19.4 Å². The molecule has 0 saturated heterocycles. The minimum atomic E-state index is -0.575. The van der Waals surface area contributed by atoms with Gasteiger partial charge in [-0.1, -0.05) is 0 Å². The van der Waals surface area contributed by atoms with E-state index in [0.29, 0.717) is 29.6 Å². The van der Waals surface area contributed by atoms with E-state index in [1.165, 1.54) is 7.11 Å². The van der Waals surface area contributed by atoms with E-state index in [-0.39, 0.29) is 17.2 Å². The fourth-order valence-corrected chi connectivity index (χ4v) is 2.60. The highest BCUT2D eigenvalue weighted by Gasteiger charge is 2.25. The number of thiophene rings is 1. The quantitative estimate of drug-likeness (QED) is 0.511. The van der Waals surface area contributed by atoms with E-state index in [1.807, 2.05) is 0 Å². The van der Waals surface area contributed by atoms with Crippen molar-refractivity contribution in [2.75, 3.05) is 45.0 Å². The Morgan fingerprint density at radius 3 is 2.60 bits per heavy atom. The number of hydrogen-bond donors (Lipinski definition) is 3. The summed E-state index contributed by atoms with van der Waals surface area (Å²) < 4.78 is 9.63. The molecule has 0 spiro atoms. The van der Waals surface area contributed by atoms with Crippen LogP contribution in [0.3, 0.4) is 0 Å². The number of methoxy groups -OCH3 is 2. The second kappa shape index (κ2) is 7.71. The first-order chi connectivity index (χ1) is 9.56. The topological polar surface area (TPSA) is 103 Å². The largest absolute Gasteiger partial charge is 0.465 e. The van der Waals surface area contributed by atoms with E-state index in [4.69, 9.17) is 15.2 Å². The molecule has 7 nitrogen and oxygen atoms in total. The SMILES string of the molecule is CCNC(=O)c1sc(NCCOC)c(C(=O)OC)c1N. The maximum absolute atomic E-state index is 11.9. The Morgan fingerprint density at radius 2 is 2.05 bits per heavy atom. The molecule has 0 aliphatic carbocycles. The summed E-state index contributed by atoms with van der Waals surface area (Å²) in [4.78, 5) is 24.0. The fourth-order valence-electron chi connectivity index (χ4n) is 1.55. The summed E-state index contributed by atoms with van der Waals surface area (Å²) in [6.45, 7) is 3.25. The molecule has 0 radical (unpaired) electrons. The van der Waals surface area contributed by atoms with Gasteiger partial charge >= 0.3 is 5.97 Å². The first-order valence-corrected chi connectivity index (χ1v) is 6.90. The third-order valence-corrected chi connectivity index (χ3v) is 3.63. The maximum atomic E-state index is 11.9. The predicted molar refractivity (Wildman–Crippen MR) is 78.4 cm³/mol. The minimum absolute atomic E-state index is 0.132. The summed E-state index contributed by atoms with van der Waals surface area (Å²) in [5.74, 6) is -0.880. The van der Waals surface area contributed by atoms with Crippen LogP contribution >= 0.6 is 11.3 Å². The van der Waals surface area contributed by atoms with Gasteiger partial charge in [-0.3, -0.25) is 4.79 Å². The van der Waals surface area contributed by atoms with Crippen LogP contribution < -0.4 is 16.4 Å². The van der Waals surface area contributed by atoms with E-state index in [2.05, 4.69) is 10.6 Å². The molecule has 1 heterocycles. The molecule has 0 atom stereocenters. The molecule has 0 aromatic carbocycles. The molecular formula is C12H19N3O4S. The lowest BCUT2D eigenvalue weighted by Crippen LogP contribution is -2.22. The summed E-state index contributed by atoms with van der Waals surface area (Å²) in [5, 5.41) is 6.18. The van der Waals surface area contributed by atoms with Crippen molar-refractivity contribution in [2.45, 2.75) is 6.92 Å². The van der Waals surface area contributed by atoms with Crippen molar-refractivity contribution in [2.24, 2.45) is 0 Å². The Morgan fingerprint density at radius 1 is 1.35 bits per heavy atom. The first-order valence-electron chi connectivity index (χ1n) is 6.08. The zero-order chi connectivity index (χ0) is 15.1. The van der Waals surface area contributed by atoms with E-state index in [1.54, 1.807) is 14.0 Å². The smallest absolute Gasteiger partial charge is 0.343 e. The lowest BCUT2D eigenvalue weighted by Gasteiger charge is -2.05. The highest BCUT2D eigenvalue weighted by Crippen LogP contribution is 2.36. The first kappa shape index (κ1) is 16.3. The molecular weight excluding hydrogens is 282 g/mol. The molecule has 20 heavy (non-hydrogen) atoms. The predicted octanol–water partition coefficient (Wildman–Crippen LogP) is 0.925. The molecule has 0 aliphatic rings. The number of ether oxygens (including phenoxy) is 2. The number of nitrogens with one attached hydrogen (secondary N) is 2. The number of rotatable bonds is 7. The molecule has 4 N–H and O–H groups in total. The van der Waals surface area contributed by atoms with Gasteiger partial charge in [0.2, 0.25) is 0 Å². The van der Waals surface area contributed by atoms with Crippen LogP contribution in [0.1, 0.15) is 27.0 Å². The van der Waals surface area contributed by atoms with Gasteiger partial charge < -0.3 is 25.8 Å². The molecule has 0 aliphatic heterocycles. The number of nitrogens with two attached hydrogens (primary N) is 1. The zero-order valence-corrected chi connectivity index (χ0v) is 12.6. The minimum Gasteiger partial charge on any atom is -0.465 e. The van der Waals surface area contributed by atoms with Crippen LogP contribution in [0.4, 0.5) is 10.7 Å². The number of anilines is 2. The van der Waals surface area contributed by atoms with Crippen molar-refractivity contribution >= 4 is 33.9 Å². The Bertz CT molecular complexity index is 487. The van der Waals surface area contributed by atoms with Crippen LogP contribution in [-0.2, 0) is 9.47 Å². The molecule has 8 heteroatoms. The van der Waals surface area contributed by atoms with E-state index < -0.39 is 5.97 Å². The summed E-state index contributed by atoms with van der Waals surface area (Å²) in [6.07, 6.45) is 0. The van der Waals surface area contributed by atoms with Gasteiger partial charge in [0.25, 0.3) is 5.91 Å². The number of hydrogen-bond acceptors (Lipinski definition) is 7. The number of esters is 1. The highest BCUT2D eigenvalue weighted by molar-refractivity contribution is 7.19. The van der Waals surface area contributed by atoms with Crippen LogP contribution in [0, 0.1) is 0 Å². The average Bonchev–Trinajstić information content (AvgIpc) is 2.75. The third kappa shape index (κ3) is 3.61. The molecule has 0 fully saturated rings. The molecule has 0 bridgehead atoms. The summed E-state index contributed by atoms with van der Waals surface area (Å²) >= 11 is 1.12. The number of carbonyl (C=O) groups excluding carboxylic acids is 2. The van der Waals surface area contributed by atoms with Gasteiger partial charge in [0.15, 0.2) is 0 Å². The molecule has 1 aromatic heterocycles. The Kier molecular flexibility index (Phi) is 6.26. The monoisotopic (exact) mass is 301 g/mol. The van der Waals surface area contributed by atoms with E-state index in [0.717, 1.165) is 11.3 Å². The second-order valence-electron chi connectivity index (χ2n) is 3.82. The second-order valence-corrected chi connectivity index (χ2v) is 4.84. The van der Waals surface area contributed by atoms with Crippen molar-refractivity contribution in [3.8, 4) is 0 Å². The number of carbonyl (C=O) groups is 2. The standard InChI is InChI=1S/C12H19N3O4S/c1-4-14-10(16)9-8(13)7(12(17)19-3)11(20-9)15-5-6-18-2/h15H,4-6,13H2,1-3H3,(H,14,16). The highest BCUT2D eigenvalue weighted by atomic mass is 32.1. The van der Waals surface area contributed by atoms with Crippen molar-refractivity contribution in [1.29, 1.82) is 0 Å². The Labute approximate surface area is 121 Å². The Hall–Kier alpha value is -1.80. The third-order valence-electron chi connectivity index (χ3n) is 2.47. The lowest BCUT2D eigenvalue weighted by molar-refractivity contribution is 0.0603. The summed E-state index contributed by atoms with van der Waals surface area (Å²) in [6, 6.07) is 0. The van der Waals surface area contributed by atoms with Crippen LogP contribution in [0.25, 0.3) is 0 Å². The van der Waals surface area contributed by atoms with Crippen molar-refractivity contribution in [3.05, 3.63) is 10.4 Å². The number of amides is 1. The maximum Gasteiger partial charge on any atom is 0.343 e. The molecule has 112 valence electrons. The van der Waals surface area contributed by atoms with Crippen LogP contribution in [0.2, 0.25) is 0 Å². The van der Waals surface area contributed by atoms with Crippen LogP contribution in [0.15, 0.2) is 0 Å². The molecule has 1 amide bonds. The van der Waals surface area contributed by atoms with Gasteiger partial charge in [-0.25, -0.2) is 4.79 Å². The van der Waals surface area contributed by atoms with Crippen molar-refractivity contribution < 1.29 is 19.1 Å². The lowest BCUT2D eigenvalue weighted by atomic mass is 10.2. The molecule has 1 rings (SSSR count). The van der Waals surface area contributed by atoms with E-state index in [9.17, 15) is 9.59 Å². The summed E-state index contributed by atoms with van der Waals surface area (Å²) in [5.41, 5.74) is 6.22. The molecule has 0 unspecified atom stereocenters. The number of nitrogen functional groups attached to an aromatic ring is 1. The fraction of sp³-hybridized carbons (Fsp3) is 0.500. The normalized spacial score (nSPS) is 10.2. The van der Waals surface area contributed by atoms with Crippen molar-refractivity contribution in [1.82, 2.24) is 5.32 Å². The van der Waals surface area contributed by atoms with Crippen LogP contribution in [0.5, 0.6) is 0 Å². The Balaban J connectivity index is 3.10. The van der Waals surface area contributed by atoms with Gasteiger partial charge in [-0.2, -0.15) is 0 Å². The van der Waals surface area contributed by atoms with Gasteiger partial charge in [0.1, 0.15) is 15.4 Å². The zero-order valence-electron chi connectivity index (χ0n) is 11.7. The van der Waals surface area contributed by atoms with Crippen LogP contribution in [-0.4, -0.2) is 45.8 Å². The molecule has 0 saturated carbocycles.